The number of aromatic nitrogens is 3. The number of nitrogens with zero attached hydrogens (tertiary/aromatic N) is 3. The van der Waals surface area contributed by atoms with Crippen LogP contribution in [0, 0.1) is 0 Å². The molecule has 3 heteroatoms. The number of hydrogen-bond donors (Lipinski definition) is 0. The summed E-state index contributed by atoms with van der Waals surface area (Å²) in [5, 5.41) is 10.7. The first kappa shape index (κ1) is 26.0. The van der Waals surface area contributed by atoms with Crippen molar-refractivity contribution >= 4 is 65.0 Å². The zero-order valence-electron chi connectivity index (χ0n) is 25.4. The molecular weight excluding hydrogens is 571 g/mol. The zero-order valence-corrected chi connectivity index (χ0v) is 25.4. The van der Waals surface area contributed by atoms with Crippen molar-refractivity contribution in [3.63, 3.8) is 0 Å². The van der Waals surface area contributed by atoms with Crippen molar-refractivity contribution in [3.8, 4) is 28.3 Å². The summed E-state index contributed by atoms with van der Waals surface area (Å²) < 4.78 is 2.27. The maximum Gasteiger partial charge on any atom is 0.235 e. The van der Waals surface area contributed by atoms with E-state index in [1.807, 2.05) is 0 Å². The molecule has 2 heterocycles. The Morgan fingerprint density at radius 3 is 1.85 bits per heavy atom. The van der Waals surface area contributed by atoms with Gasteiger partial charge in [0, 0.05) is 21.7 Å². The van der Waals surface area contributed by atoms with Gasteiger partial charge in [-0.1, -0.05) is 127 Å². The van der Waals surface area contributed by atoms with E-state index in [2.05, 4.69) is 168 Å². The van der Waals surface area contributed by atoms with Gasteiger partial charge in [0.1, 0.15) is 0 Å². The number of benzene rings is 8. The van der Waals surface area contributed by atoms with E-state index in [1.54, 1.807) is 0 Å². The van der Waals surface area contributed by atoms with Crippen LogP contribution in [0.5, 0.6) is 0 Å². The van der Waals surface area contributed by atoms with Crippen molar-refractivity contribution in [1.29, 1.82) is 0 Å². The van der Waals surface area contributed by atoms with Gasteiger partial charge in [0.25, 0.3) is 0 Å². The van der Waals surface area contributed by atoms with Crippen molar-refractivity contribution in [3.05, 3.63) is 164 Å². The molecule has 10 aromatic rings. The summed E-state index contributed by atoms with van der Waals surface area (Å²) in [6.45, 7) is 0. The third-order valence-corrected chi connectivity index (χ3v) is 9.54. The first-order valence-electron chi connectivity index (χ1n) is 16.0. The second kappa shape index (κ2) is 10.1. The second-order valence-corrected chi connectivity index (χ2v) is 12.3. The van der Waals surface area contributed by atoms with Gasteiger partial charge < -0.3 is 0 Å². The van der Waals surface area contributed by atoms with Crippen LogP contribution in [0.2, 0.25) is 0 Å². The van der Waals surface area contributed by atoms with Crippen LogP contribution in [0.15, 0.2) is 164 Å². The summed E-state index contributed by atoms with van der Waals surface area (Å²) in [6.07, 6.45) is 0. The maximum absolute atomic E-state index is 5.44. The normalized spacial score (nSPS) is 11.8. The lowest BCUT2D eigenvalue weighted by Crippen LogP contribution is -2.03. The van der Waals surface area contributed by atoms with Gasteiger partial charge in [-0.15, -0.1) is 0 Å². The average molecular weight is 598 g/mol. The highest BCUT2D eigenvalue weighted by Gasteiger charge is 2.20. The van der Waals surface area contributed by atoms with Crippen LogP contribution in [-0.4, -0.2) is 14.5 Å². The smallest absolute Gasteiger partial charge is 0.235 e. The fourth-order valence-corrected chi connectivity index (χ4v) is 7.27. The van der Waals surface area contributed by atoms with Gasteiger partial charge in [0.05, 0.1) is 22.2 Å². The van der Waals surface area contributed by atoms with E-state index in [0.717, 1.165) is 44.3 Å². The molecule has 218 valence electrons. The summed E-state index contributed by atoms with van der Waals surface area (Å²) in [5.74, 6) is 0.663. The number of rotatable bonds is 3. The molecule has 0 radical (unpaired) electrons. The van der Waals surface area contributed by atoms with Crippen molar-refractivity contribution in [2.24, 2.45) is 0 Å². The quantitative estimate of drug-likeness (QED) is 0.203. The van der Waals surface area contributed by atoms with Crippen molar-refractivity contribution in [2.75, 3.05) is 0 Å². The number of hydrogen-bond acceptors (Lipinski definition) is 2. The van der Waals surface area contributed by atoms with Crippen LogP contribution in [0.3, 0.4) is 0 Å². The monoisotopic (exact) mass is 597 g/mol. The Hall–Kier alpha value is -6.32. The molecule has 0 fully saturated rings. The average Bonchev–Trinajstić information content (AvgIpc) is 3.47. The largest absolute Gasteiger partial charge is 0.278 e. The molecule has 3 nitrogen and oxygen atoms in total. The first-order valence-corrected chi connectivity index (χ1v) is 16.0. The fraction of sp³-hybridized carbons (Fsp3) is 0. The molecule has 0 N–H and O–H groups in total. The highest BCUT2D eigenvalue weighted by atomic mass is 15.2. The number of fused-ring (bicyclic) bond motifs is 8. The van der Waals surface area contributed by atoms with Crippen molar-refractivity contribution in [1.82, 2.24) is 14.5 Å². The molecule has 0 spiro atoms. The van der Waals surface area contributed by atoms with Gasteiger partial charge in [0.2, 0.25) is 5.95 Å². The van der Waals surface area contributed by atoms with Gasteiger partial charge in [-0.2, -0.15) is 0 Å². The third kappa shape index (κ3) is 4.07. The van der Waals surface area contributed by atoms with Crippen LogP contribution < -0.4 is 0 Å². The maximum atomic E-state index is 5.44. The van der Waals surface area contributed by atoms with Gasteiger partial charge in [-0.25, -0.2) is 9.97 Å². The molecule has 0 bridgehead atoms. The molecule has 8 aromatic carbocycles. The first-order chi connectivity index (χ1) is 23.3. The summed E-state index contributed by atoms with van der Waals surface area (Å²) in [4.78, 5) is 10.8. The van der Waals surface area contributed by atoms with Crippen LogP contribution in [0.1, 0.15) is 0 Å². The van der Waals surface area contributed by atoms with E-state index < -0.39 is 0 Å². The molecule has 0 amide bonds. The van der Waals surface area contributed by atoms with Gasteiger partial charge in [-0.05, 0) is 79.8 Å². The van der Waals surface area contributed by atoms with E-state index in [4.69, 9.17) is 9.97 Å². The zero-order chi connectivity index (χ0) is 30.9. The summed E-state index contributed by atoms with van der Waals surface area (Å²) in [5.41, 5.74) is 7.39. The molecule has 0 saturated heterocycles. The summed E-state index contributed by atoms with van der Waals surface area (Å²) in [7, 11) is 0. The van der Waals surface area contributed by atoms with Crippen molar-refractivity contribution in [2.45, 2.75) is 0 Å². The lowest BCUT2D eigenvalue weighted by atomic mass is 9.99. The summed E-state index contributed by atoms with van der Waals surface area (Å²) in [6, 6.07) is 58.5. The lowest BCUT2D eigenvalue weighted by molar-refractivity contribution is 1.01. The van der Waals surface area contributed by atoms with Crippen LogP contribution in [-0.2, 0) is 0 Å². The standard InChI is InChI=1S/C44H27N3/c1-2-10-28(11-3-1)34-20-22-37-39(26-34)45-44(46-43(37)35-19-18-29-12-4-5-14-31(29)24-35)47-40-23-21-30-13-8-9-17-36(30)42(40)38-25-32-15-6-7-16-33(32)27-41(38)47/h1-27H. The van der Waals surface area contributed by atoms with E-state index in [0.29, 0.717) is 5.95 Å². The highest BCUT2D eigenvalue weighted by Crippen LogP contribution is 2.39. The lowest BCUT2D eigenvalue weighted by Gasteiger charge is -2.13. The van der Waals surface area contributed by atoms with Crippen LogP contribution in [0.4, 0.5) is 0 Å². The predicted octanol–water partition coefficient (Wildman–Crippen LogP) is 11.5. The SMILES string of the molecule is c1ccc(-c2ccc3c(-c4ccc5ccccc5c4)nc(-n4c5cc6ccccc6cc5c5c6ccccc6ccc54)nc3c2)cc1. The van der Waals surface area contributed by atoms with E-state index in [9.17, 15) is 0 Å². The van der Waals surface area contributed by atoms with Crippen LogP contribution in [0.25, 0.3) is 93.4 Å². The third-order valence-electron chi connectivity index (χ3n) is 9.54. The molecule has 2 aromatic heterocycles. The molecule has 0 aliphatic carbocycles. The molecule has 47 heavy (non-hydrogen) atoms. The Bertz CT molecular complexity index is 2850. The Kier molecular flexibility index (Phi) is 5.57. The van der Waals surface area contributed by atoms with E-state index in [-0.39, 0.29) is 0 Å². The Labute approximate surface area is 271 Å². The van der Waals surface area contributed by atoms with Gasteiger partial charge in [0.15, 0.2) is 0 Å². The van der Waals surface area contributed by atoms with Gasteiger partial charge >= 0.3 is 0 Å². The molecule has 0 atom stereocenters. The van der Waals surface area contributed by atoms with Gasteiger partial charge in [-0.3, -0.25) is 4.57 Å². The van der Waals surface area contributed by atoms with E-state index in [1.165, 1.54) is 43.1 Å². The minimum Gasteiger partial charge on any atom is -0.278 e. The molecular formula is C44H27N3. The molecule has 0 saturated carbocycles. The van der Waals surface area contributed by atoms with E-state index >= 15 is 0 Å². The topological polar surface area (TPSA) is 30.7 Å². The Balaban J connectivity index is 1.34. The minimum atomic E-state index is 0.663. The molecule has 0 unspecified atom stereocenters. The van der Waals surface area contributed by atoms with Crippen molar-refractivity contribution < 1.29 is 0 Å². The van der Waals surface area contributed by atoms with Crippen LogP contribution >= 0.6 is 0 Å². The molecule has 0 aliphatic heterocycles. The molecule has 10 rings (SSSR count). The Morgan fingerprint density at radius 2 is 1.02 bits per heavy atom. The highest BCUT2D eigenvalue weighted by molar-refractivity contribution is 6.23. The predicted molar refractivity (Wildman–Crippen MR) is 197 cm³/mol. The Morgan fingerprint density at radius 1 is 0.362 bits per heavy atom. The summed E-state index contributed by atoms with van der Waals surface area (Å²) >= 11 is 0. The molecule has 0 aliphatic rings. The fourth-order valence-electron chi connectivity index (χ4n) is 7.27. The second-order valence-electron chi connectivity index (χ2n) is 12.3. The minimum absolute atomic E-state index is 0.663.